The molecule has 0 aliphatic heterocycles. The molecular weight excluding hydrogens is 217 g/mol. The Morgan fingerprint density at radius 3 is 2.25 bits per heavy atom. The Labute approximate surface area is 91.9 Å². The van der Waals surface area contributed by atoms with Gasteiger partial charge in [0, 0.05) is 0 Å². The summed E-state index contributed by atoms with van der Waals surface area (Å²) in [6.07, 6.45) is -4.41. The first kappa shape index (κ1) is 12.6. The van der Waals surface area contributed by atoms with Crippen LogP contribution in [0.2, 0.25) is 0 Å². The van der Waals surface area contributed by atoms with Crippen LogP contribution in [0.15, 0.2) is 24.3 Å². The second-order valence-corrected chi connectivity index (χ2v) is 3.53. The molecule has 1 rings (SSSR count). The molecule has 1 nitrogen and oxygen atoms in total. The highest BCUT2D eigenvalue weighted by Crippen LogP contribution is 2.31. The number of halogens is 3. The smallest absolute Gasteiger partial charge is 0.374 e. The molecule has 0 saturated carbocycles. The van der Waals surface area contributed by atoms with Gasteiger partial charge in [-0.2, -0.15) is 13.2 Å². The third-order valence-corrected chi connectivity index (χ3v) is 2.12. The average molecular weight is 228 g/mol. The van der Waals surface area contributed by atoms with Gasteiger partial charge < -0.3 is 5.11 Å². The maximum absolute atomic E-state index is 12.4. The standard InChI is InChI=1S/C12H11F3O/c1-3-7-11(2,16)9-5-4-6-10(8-9)12(13,14)15/h4-6,8,16H,1-2H3. The Kier molecular flexibility index (Phi) is 3.30. The minimum absolute atomic E-state index is 0.136. The van der Waals surface area contributed by atoms with Crippen molar-refractivity contribution in [3.05, 3.63) is 35.4 Å². The van der Waals surface area contributed by atoms with Gasteiger partial charge in [0.05, 0.1) is 5.56 Å². The van der Waals surface area contributed by atoms with Crippen molar-refractivity contribution in [3.8, 4) is 11.8 Å². The minimum atomic E-state index is -4.41. The van der Waals surface area contributed by atoms with E-state index in [1.165, 1.54) is 26.0 Å². The zero-order chi connectivity index (χ0) is 12.4. The summed E-state index contributed by atoms with van der Waals surface area (Å²) in [5.41, 5.74) is -2.21. The quantitative estimate of drug-likeness (QED) is 0.733. The first-order valence-corrected chi connectivity index (χ1v) is 4.61. The largest absolute Gasteiger partial charge is 0.416 e. The fourth-order valence-corrected chi connectivity index (χ4v) is 1.31. The second-order valence-electron chi connectivity index (χ2n) is 3.53. The van der Waals surface area contributed by atoms with Crippen molar-refractivity contribution >= 4 is 0 Å². The Morgan fingerprint density at radius 2 is 1.75 bits per heavy atom. The number of hydrogen-bond donors (Lipinski definition) is 1. The zero-order valence-electron chi connectivity index (χ0n) is 8.89. The van der Waals surface area contributed by atoms with Gasteiger partial charge in [-0.1, -0.05) is 18.1 Å². The first-order valence-electron chi connectivity index (χ1n) is 4.61. The van der Waals surface area contributed by atoms with E-state index in [2.05, 4.69) is 11.8 Å². The van der Waals surface area contributed by atoms with Crippen molar-refractivity contribution in [2.75, 3.05) is 0 Å². The highest BCUT2D eigenvalue weighted by molar-refractivity contribution is 5.34. The zero-order valence-corrected chi connectivity index (χ0v) is 8.89. The van der Waals surface area contributed by atoms with Gasteiger partial charge in [0.25, 0.3) is 0 Å². The van der Waals surface area contributed by atoms with Crippen molar-refractivity contribution in [2.45, 2.75) is 25.6 Å². The van der Waals surface area contributed by atoms with Crippen LogP contribution in [0, 0.1) is 11.8 Å². The third-order valence-electron chi connectivity index (χ3n) is 2.12. The second kappa shape index (κ2) is 4.18. The molecule has 16 heavy (non-hydrogen) atoms. The maximum atomic E-state index is 12.4. The van der Waals surface area contributed by atoms with Gasteiger partial charge in [0.15, 0.2) is 0 Å². The lowest BCUT2D eigenvalue weighted by Gasteiger charge is -2.18. The van der Waals surface area contributed by atoms with Gasteiger partial charge in [-0.05, 0) is 31.5 Å². The molecule has 4 heteroatoms. The monoisotopic (exact) mass is 228 g/mol. The lowest BCUT2D eigenvalue weighted by molar-refractivity contribution is -0.137. The summed E-state index contributed by atoms with van der Waals surface area (Å²) in [5, 5.41) is 9.84. The van der Waals surface area contributed by atoms with E-state index >= 15 is 0 Å². The third kappa shape index (κ3) is 2.77. The molecule has 0 fully saturated rings. The normalized spacial score (nSPS) is 14.9. The molecular formula is C12H11F3O. The summed E-state index contributed by atoms with van der Waals surface area (Å²) in [6, 6.07) is 4.53. The first-order chi connectivity index (χ1) is 7.27. The number of alkyl halides is 3. The maximum Gasteiger partial charge on any atom is 0.416 e. The van der Waals surface area contributed by atoms with Crippen LogP contribution in [0.1, 0.15) is 25.0 Å². The summed E-state index contributed by atoms with van der Waals surface area (Å²) in [6.45, 7) is 2.88. The van der Waals surface area contributed by atoms with E-state index in [-0.39, 0.29) is 5.56 Å². The average Bonchev–Trinajstić information content (AvgIpc) is 2.16. The van der Waals surface area contributed by atoms with Crippen molar-refractivity contribution in [1.29, 1.82) is 0 Å². The molecule has 0 spiro atoms. The highest BCUT2D eigenvalue weighted by atomic mass is 19.4. The van der Waals surface area contributed by atoms with E-state index in [1.807, 2.05) is 0 Å². The lowest BCUT2D eigenvalue weighted by Crippen LogP contribution is -2.19. The minimum Gasteiger partial charge on any atom is -0.374 e. The van der Waals surface area contributed by atoms with Crippen LogP contribution < -0.4 is 0 Å². The Bertz CT molecular complexity index is 436. The van der Waals surface area contributed by atoms with Gasteiger partial charge in [-0.15, -0.1) is 5.92 Å². The topological polar surface area (TPSA) is 20.2 Å². The van der Waals surface area contributed by atoms with Crippen LogP contribution in [0.25, 0.3) is 0 Å². The molecule has 0 saturated heterocycles. The Balaban J connectivity index is 3.21. The molecule has 1 N–H and O–H groups in total. The summed E-state index contributed by atoms with van der Waals surface area (Å²) in [5.74, 6) is 4.94. The van der Waals surface area contributed by atoms with Gasteiger partial charge in [-0.3, -0.25) is 0 Å². The van der Waals surface area contributed by atoms with Crippen LogP contribution >= 0.6 is 0 Å². The van der Waals surface area contributed by atoms with Crippen LogP contribution in [-0.2, 0) is 11.8 Å². The molecule has 0 amide bonds. The van der Waals surface area contributed by atoms with Crippen LogP contribution in [0.3, 0.4) is 0 Å². The van der Waals surface area contributed by atoms with Crippen molar-refractivity contribution in [2.24, 2.45) is 0 Å². The highest BCUT2D eigenvalue weighted by Gasteiger charge is 2.32. The molecule has 0 aliphatic carbocycles. The number of benzene rings is 1. The summed E-state index contributed by atoms with van der Waals surface area (Å²) in [4.78, 5) is 0. The van der Waals surface area contributed by atoms with E-state index in [9.17, 15) is 18.3 Å². The van der Waals surface area contributed by atoms with Gasteiger partial charge >= 0.3 is 6.18 Å². The van der Waals surface area contributed by atoms with Crippen molar-refractivity contribution in [3.63, 3.8) is 0 Å². The molecule has 1 atom stereocenters. The van der Waals surface area contributed by atoms with Crippen LogP contribution in [-0.4, -0.2) is 5.11 Å². The van der Waals surface area contributed by atoms with E-state index < -0.39 is 17.3 Å². The number of aliphatic hydroxyl groups is 1. The Morgan fingerprint density at radius 1 is 1.19 bits per heavy atom. The van der Waals surface area contributed by atoms with Gasteiger partial charge in [-0.25, -0.2) is 0 Å². The SMILES string of the molecule is CC#CC(C)(O)c1cccc(C(F)(F)F)c1. The van der Waals surface area contributed by atoms with Crippen molar-refractivity contribution < 1.29 is 18.3 Å². The van der Waals surface area contributed by atoms with Gasteiger partial charge in [0.2, 0.25) is 0 Å². The van der Waals surface area contributed by atoms with E-state index in [4.69, 9.17) is 0 Å². The molecule has 86 valence electrons. The summed E-state index contributed by atoms with van der Waals surface area (Å²) < 4.78 is 37.3. The molecule has 0 radical (unpaired) electrons. The predicted molar refractivity (Wildman–Crippen MR) is 54.5 cm³/mol. The summed E-state index contributed by atoms with van der Waals surface area (Å²) in [7, 11) is 0. The van der Waals surface area contributed by atoms with Crippen molar-refractivity contribution in [1.82, 2.24) is 0 Å². The number of hydrogen-bond acceptors (Lipinski definition) is 1. The molecule has 1 unspecified atom stereocenters. The fraction of sp³-hybridized carbons (Fsp3) is 0.333. The molecule has 1 aromatic rings. The molecule has 0 heterocycles. The molecule has 0 bridgehead atoms. The van der Waals surface area contributed by atoms with Crippen LogP contribution in [0.4, 0.5) is 13.2 Å². The van der Waals surface area contributed by atoms with Crippen LogP contribution in [0.5, 0.6) is 0 Å². The van der Waals surface area contributed by atoms with E-state index in [0.29, 0.717) is 0 Å². The van der Waals surface area contributed by atoms with Gasteiger partial charge in [0.1, 0.15) is 5.60 Å². The number of rotatable bonds is 1. The molecule has 0 aliphatic rings. The molecule has 1 aromatic carbocycles. The summed E-state index contributed by atoms with van der Waals surface area (Å²) >= 11 is 0. The van der Waals surface area contributed by atoms with E-state index in [0.717, 1.165) is 12.1 Å². The predicted octanol–water partition coefficient (Wildman–Crippen LogP) is 2.94. The van der Waals surface area contributed by atoms with E-state index in [1.54, 1.807) is 0 Å². The fourth-order valence-electron chi connectivity index (χ4n) is 1.31. The Hall–Kier alpha value is -1.47. The molecule has 0 aromatic heterocycles. The lowest BCUT2D eigenvalue weighted by atomic mass is 9.95.